The van der Waals surface area contributed by atoms with Crippen molar-refractivity contribution in [2.24, 2.45) is 5.92 Å². The van der Waals surface area contributed by atoms with Gasteiger partial charge < -0.3 is 10.1 Å². The molecule has 1 amide bonds. The maximum absolute atomic E-state index is 13.0. The molecule has 0 fully saturated rings. The van der Waals surface area contributed by atoms with Crippen molar-refractivity contribution in [3.05, 3.63) is 48.6 Å². The number of ether oxygens (including phenoxy) is 1. The zero-order valence-corrected chi connectivity index (χ0v) is 16.5. The molecule has 0 spiro atoms. The second-order valence-electron chi connectivity index (χ2n) is 6.36. The molecular formula is C19H25FN4O2S. The minimum absolute atomic E-state index is 0.0297. The summed E-state index contributed by atoms with van der Waals surface area (Å²) >= 11 is 1.32. The monoisotopic (exact) mass is 392 g/mol. The molecule has 6 nitrogen and oxygen atoms in total. The molecule has 8 heteroatoms. The van der Waals surface area contributed by atoms with Gasteiger partial charge in [-0.3, -0.25) is 9.36 Å². The van der Waals surface area contributed by atoms with Crippen LogP contribution in [0.4, 0.5) is 4.39 Å². The van der Waals surface area contributed by atoms with E-state index in [1.807, 2.05) is 4.57 Å². The van der Waals surface area contributed by atoms with Crippen molar-refractivity contribution in [2.75, 3.05) is 12.3 Å². The van der Waals surface area contributed by atoms with E-state index in [0.29, 0.717) is 35.7 Å². The summed E-state index contributed by atoms with van der Waals surface area (Å²) < 4.78 is 20.4. The number of nitrogens with zero attached hydrogens (tertiary/aromatic N) is 3. The predicted molar refractivity (Wildman–Crippen MR) is 104 cm³/mol. The van der Waals surface area contributed by atoms with E-state index in [0.717, 1.165) is 6.42 Å². The molecule has 2 aromatic rings. The average Bonchev–Trinajstić information content (AvgIpc) is 3.01. The molecule has 0 radical (unpaired) electrons. The molecule has 0 saturated carbocycles. The fourth-order valence-corrected chi connectivity index (χ4v) is 3.00. The second kappa shape index (κ2) is 10.7. The number of carbonyl (C=O) groups is 1. The molecule has 27 heavy (non-hydrogen) atoms. The molecule has 0 aliphatic rings. The lowest BCUT2D eigenvalue weighted by molar-refractivity contribution is -0.118. The van der Waals surface area contributed by atoms with Crippen LogP contribution in [0.1, 0.15) is 26.1 Å². The average molecular weight is 393 g/mol. The number of aromatic nitrogens is 3. The number of thioether (sulfide) groups is 1. The van der Waals surface area contributed by atoms with Crippen molar-refractivity contribution >= 4 is 17.7 Å². The minimum Gasteiger partial charge on any atom is -0.486 e. The number of amides is 1. The van der Waals surface area contributed by atoms with E-state index >= 15 is 0 Å². The van der Waals surface area contributed by atoms with E-state index in [9.17, 15) is 9.18 Å². The summed E-state index contributed by atoms with van der Waals surface area (Å²) in [6, 6.07) is 5.79. The molecule has 0 unspecified atom stereocenters. The summed E-state index contributed by atoms with van der Waals surface area (Å²) in [5.74, 6) is 1.63. The Morgan fingerprint density at radius 2 is 2.11 bits per heavy atom. The number of nitrogens with one attached hydrogen (secondary N) is 1. The summed E-state index contributed by atoms with van der Waals surface area (Å²) in [6.07, 6.45) is 2.69. The van der Waals surface area contributed by atoms with Gasteiger partial charge in [0, 0.05) is 13.1 Å². The molecule has 0 aliphatic carbocycles. The van der Waals surface area contributed by atoms with Gasteiger partial charge in [-0.25, -0.2) is 4.39 Å². The largest absolute Gasteiger partial charge is 0.486 e. The van der Waals surface area contributed by atoms with Crippen LogP contribution < -0.4 is 10.1 Å². The van der Waals surface area contributed by atoms with Gasteiger partial charge in [0.1, 0.15) is 18.2 Å². The Morgan fingerprint density at radius 1 is 1.37 bits per heavy atom. The van der Waals surface area contributed by atoms with Crippen molar-refractivity contribution in [2.45, 2.75) is 38.6 Å². The number of halogens is 1. The topological polar surface area (TPSA) is 69.0 Å². The highest BCUT2D eigenvalue weighted by Gasteiger charge is 2.14. The second-order valence-corrected chi connectivity index (χ2v) is 7.30. The smallest absolute Gasteiger partial charge is 0.230 e. The van der Waals surface area contributed by atoms with E-state index in [-0.39, 0.29) is 24.1 Å². The maximum Gasteiger partial charge on any atom is 0.230 e. The van der Waals surface area contributed by atoms with Crippen molar-refractivity contribution in [1.29, 1.82) is 0 Å². The Kier molecular flexibility index (Phi) is 8.32. The van der Waals surface area contributed by atoms with Gasteiger partial charge in [-0.2, -0.15) is 0 Å². The first-order chi connectivity index (χ1) is 13.0. The van der Waals surface area contributed by atoms with Crippen LogP contribution in [0.5, 0.6) is 5.75 Å². The molecule has 0 aliphatic heterocycles. The van der Waals surface area contributed by atoms with Gasteiger partial charge >= 0.3 is 0 Å². The highest BCUT2D eigenvalue weighted by molar-refractivity contribution is 7.99. The molecule has 146 valence electrons. The van der Waals surface area contributed by atoms with Crippen LogP contribution in [0.3, 0.4) is 0 Å². The summed E-state index contributed by atoms with van der Waals surface area (Å²) in [7, 11) is 0. The normalized spacial score (nSPS) is 10.8. The lowest BCUT2D eigenvalue weighted by atomic mass is 10.1. The van der Waals surface area contributed by atoms with E-state index in [1.54, 1.807) is 18.2 Å². The standard InChI is InChI=1S/C19H25FN4O2S/c1-4-11-24-17(12-26-16-7-5-15(20)6-8-16)22-23-19(24)27-13-18(25)21-10-9-14(2)3/h4-8,14H,1,9-13H2,2-3H3,(H,21,25). The fourth-order valence-electron chi connectivity index (χ4n) is 2.21. The van der Waals surface area contributed by atoms with Gasteiger partial charge in [0.15, 0.2) is 11.0 Å². The zero-order valence-electron chi connectivity index (χ0n) is 15.7. The van der Waals surface area contributed by atoms with E-state index in [2.05, 4.69) is 35.9 Å². The van der Waals surface area contributed by atoms with Gasteiger partial charge in [0.2, 0.25) is 5.91 Å². The summed E-state index contributed by atoms with van der Waals surface area (Å²) in [4.78, 5) is 11.9. The highest BCUT2D eigenvalue weighted by atomic mass is 32.2. The van der Waals surface area contributed by atoms with Gasteiger partial charge in [0.05, 0.1) is 5.75 Å². The molecular weight excluding hydrogens is 367 g/mol. The van der Waals surface area contributed by atoms with Gasteiger partial charge in [-0.15, -0.1) is 16.8 Å². The van der Waals surface area contributed by atoms with Crippen LogP contribution in [0.15, 0.2) is 42.1 Å². The molecule has 0 atom stereocenters. The SMILES string of the molecule is C=CCn1c(COc2ccc(F)cc2)nnc1SCC(=O)NCCC(C)C. The highest BCUT2D eigenvalue weighted by Crippen LogP contribution is 2.19. The molecule has 1 N–H and O–H groups in total. The Bertz CT molecular complexity index is 747. The van der Waals surface area contributed by atoms with Crippen molar-refractivity contribution in [1.82, 2.24) is 20.1 Å². The van der Waals surface area contributed by atoms with Gasteiger partial charge in [-0.05, 0) is 36.6 Å². The Morgan fingerprint density at radius 3 is 2.78 bits per heavy atom. The first-order valence-corrected chi connectivity index (χ1v) is 9.79. The minimum atomic E-state index is -0.317. The van der Waals surface area contributed by atoms with Crippen molar-refractivity contribution < 1.29 is 13.9 Å². The number of benzene rings is 1. The van der Waals surface area contributed by atoms with Gasteiger partial charge in [0.25, 0.3) is 0 Å². The third-order valence-electron chi connectivity index (χ3n) is 3.66. The molecule has 0 saturated heterocycles. The number of hydrogen-bond acceptors (Lipinski definition) is 5. The van der Waals surface area contributed by atoms with Crippen molar-refractivity contribution in [3.8, 4) is 5.75 Å². The number of allylic oxidation sites excluding steroid dienone is 1. The fraction of sp³-hybridized carbons (Fsp3) is 0.421. The van der Waals surface area contributed by atoms with Crippen LogP contribution in [-0.2, 0) is 17.9 Å². The first kappa shape index (κ1) is 21.0. The zero-order chi connectivity index (χ0) is 19.6. The third kappa shape index (κ3) is 7.05. The number of rotatable bonds is 11. The van der Waals surface area contributed by atoms with E-state index < -0.39 is 0 Å². The van der Waals surface area contributed by atoms with Crippen LogP contribution in [0.25, 0.3) is 0 Å². The number of carbonyl (C=O) groups excluding carboxylic acids is 1. The van der Waals surface area contributed by atoms with Crippen LogP contribution >= 0.6 is 11.8 Å². The molecule has 1 heterocycles. The van der Waals surface area contributed by atoms with Gasteiger partial charge in [-0.1, -0.05) is 31.7 Å². The van der Waals surface area contributed by atoms with Crippen LogP contribution in [0, 0.1) is 11.7 Å². The van der Waals surface area contributed by atoms with Crippen molar-refractivity contribution in [3.63, 3.8) is 0 Å². The quantitative estimate of drug-likeness (QED) is 0.469. The first-order valence-electron chi connectivity index (χ1n) is 8.80. The lowest BCUT2D eigenvalue weighted by Gasteiger charge is -2.09. The van der Waals surface area contributed by atoms with E-state index in [1.165, 1.54) is 23.9 Å². The van der Waals surface area contributed by atoms with Crippen LogP contribution in [-0.4, -0.2) is 33.0 Å². The summed E-state index contributed by atoms with van der Waals surface area (Å²) in [5.41, 5.74) is 0. The Balaban J connectivity index is 1.92. The lowest BCUT2D eigenvalue weighted by Crippen LogP contribution is -2.27. The number of hydrogen-bond donors (Lipinski definition) is 1. The molecule has 2 rings (SSSR count). The third-order valence-corrected chi connectivity index (χ3v) is 4.63. The Hall–Kier alpha value is -2.35. The molecule has 1 aromatic heterocycles. The summed E-state index contributed by atoms with van der Waals surface area (Å²) in [5, 5.41) is 11.8. The summed E-state index contributed by atoms with van der Waals surface area (Å²) in [6.45, 7) is 9.36. The maximum atomic E-state index is 13.0. The molecule has 1 aromatic carbocycles. The predicted octanol–water partition coefficient (Wildman–Crippen LogP) is 3.44. The molecule has 0 bridgehead atoms. The van der Waals surface area contributed by atoms with E-state index in [4.69, 9.17) is 4.74 Å². The Labute approximate surface area is 163 Å². The van der Waals surface area contributed by atoms with Crippen LogP contribution in [0.2, 0.25) is 0 Å².